The first-order valence-electron chi connectivity index (χ1n) is 4.94. The van der Waals surface area contributed by atoms with E-state index in [2.05, 4.69) is 4.90 Å². The zero-order chi connectivity index (χ0) is 9.73. The van der Waals surface area contributed by atoms with Gasteiger partial charge in [0, 0.05) is 19.4 Å². The van der Waals surface area contributed by atoms with E-state index in [4.69, 9.17) is 5.73 Å². The number of hydrogen-bond donors (Lipinski definition) is 1. The Morgan fingerprint density at radius 2 is 2.00 bits per heavy atom. The van der Waals surface area contributed by atoms with E-state index in [1.807, 2.05) is 0 Å². The predicted molar refractivity (Wildman–Crippen MR) is 48.9 cm³/mol. The first kappa shape index (κ1) is 10.9. The van der Waals surface area contributed by atoms with Crippen molar-refractivity contribution in [2.75, 3.05) is 26.2 Å². The standard InChI is InChI=1S/C9H18F2N2/c10-9(11)3-1-6-13(8-4-9)7-2-5-12/h1-8,12H2. The van der Waals surface area contributed by atoms with Crippen molar-refractivity contribution in [1.82, 2.24) is 4.90 Å². The van der Waals surface area contributed by atoms with Gasteiger partial charge in [-0.25, -0.2) is 8.78 Å². The first-order chi connectivity index (χ1) is 6.14. The Hall–Kier alpha value is -0.220. The lowest BCUT2D eigenvalue weighted by atomic mass is 10.1. The lowest BCUT2D eigenvalue weighted by molar-refractivity contribution is -0.0130. The van der Waals surface area contributed by atoms with E-state index in [1.165, 1.54) is 0 Å². The monoisotopic (exact) mass is 192 g/mol. The summed E-state index contributed by atoms with van der Waals surface area (Å²) >= 11 is 0. The van der Waals surface area contributed by atoms with Gasteiger partial charge in [-0.05, 0) is 32.5 Å². The molecule has 4 heteroatoms. The van der Waals surface area contributed by atoms with E-state index in [1.54, 1.807) is 0 Å². The average Bonchev–Trinajstić information content (AvgIpc) is 2.23. The third-order valence-corrected chi connectivity index (χ3v) is 2.49. The van der Waals surface area contributed by atoms with Gasteiger partial charge >= 0.3 is 0 Å². The van der Waals surface area contributed by atoms with Crippen molar-refractivity contribution in [3.05, 3.63) is 0 Å². The number of alkyl halides is 2. The van der Waals surface area contributed by atoms with E-state index in [-0.39, 0.29) is 12.8 Å². The molecule has 1 fully saturated rings. The van der Waals surface area contributed by atoms with Crippen molar-refractivity contribution < 1.29 is 8.78 Å². The van der Waals surface area contributed by atoms with Crippen LogP contribution in [-0.2, 0) is 0 Å². The molecule has 2 nitrogen and oxygen atoms in total. The fraction of sp³-hybridized carbons (Fsp3) is 1.00. The zero-order valence-corrected chi connectivity index (χ0v) is 7.94. The summed E-state index contributed by atoms with van der Waals surface area (Å²) in [6, 6.07) is 0. The smallest absolute Gasteiger partial charge is 0.249 e. The Kier molecular flexibility index (Phi) is 4.06. The molecule has 0 atom stereocenters. The molecule has 0 unspecified atom stereocenters. The fourth-order valence-electron chi connectivity index (χ4n) is 1.66. The molecule has 2 N–H and O–H groups in total. The van der Waals surface area contributed by atoms with Crippen LogP contribution in [0.4, 0.5) is 8.78 Å². The van der Waals surface area contributed by atoms with E-state index in [0.717, 1.165) is 19.5 Å². The van der Waals surface area contributed by atoms with Crippen LogP contribution in [0.15, 0.2) is 0 Å². The van der Waals surface area contributed by atoms with E-state index in [0.29, 0.717) is 19.5 Å². The molecule has 1 aliphatic rings. The molecular weight excluding hydrogens is 174 g/mol. The van der Waals surface area contributed by atoms with E-state index < -0.39 is 5.92 Å². The summed E-state index contributed by atoms with van der Waals surface area (Å²) in [7, 11) is 0. The second-order valence-electron chi connectivity index (χ2n) is 3.69. The largest absolute Gasteiger partial charge is 0.330 e. The maximum Gasteiger partial charge on any atom is 0.249 e. The quantitative estimate of drug-likeness (QED) is 0.733. The molecular formula is C9H18F2N2. The van der Waals surface area contributed by atoms with E-state index in [9.17, 15) is 8.78 Å². The molecule has 1 heterocycles. The van der Waals surface area contributed by atoms with Gasteiger partial charge in [0.15, 0.2) is 0 Å². The molecule has 0 saturated carbocycles. The van der Waals surface area contributed by atoms with Gasteiger partial charge in [0.2, 0.25) is 5.92 Å². The van der Waals surface area contributed by atoms with Crippen molar-refractivity contribution in [1.29, 1.82) is 0 Å². The molecule has 0 radical (unpaired) electrons. The lowest BCUT2D eigenvalue weighted by Crippen LogP contribution is -2.28. The summed E-state index contributed by atoms with van der Waals surface area (Å²) in [5.41, 5.74) is 5.36. The SMILES string of the molecule is NCCCN1CCCC(F)(F)CC1. The third-order valence-electron chi connectivity index (χ3n) is 2.49. The number of likely N-dealkylation sites (tertiary alicyclic amines) is 1. The van der Waals surface area contributed by atoms with Gasteiger partial charge in [-0.1, -0.05) is 0 Å². The molecule has 0 bridgehead atoms. The minimum atomic E-state index is -2.43. The van der Waals surface area contributed by atoms with Crippen LogP contribution in [0.1, 0.15) is 25.7 Å². The number of rotatable bonds is 3. The molecule has 78 valence electrons. The molecule has 0 aliphatic carbocycles. The summed E-state index contributed by atoms with van der Waals surface area (Å²) in [4.78, 5) is 2.09. The second-order valence-corrected chi connectivity index (χ2v) is 3.69. The molecule has 1 aliphatic heterocycles. The van der Waals surface area contributed by atoms with Gasteiger partial charge < -0.3 is 10.6 Å². The normalized spacial score (nSPS) is 24.2. The molecule has 0 spiro atoms. The maximum atomic E-state index is 12.9. The molecule has 13 heavy (non-hydrogen) atoms. The summed E-state index contributed by atoms with van der Waals surface area (Å²) < 4.78 is 25.8. The Balaban J connectivity index is 2.28. The van der Waals surface area contributed by atoms with Crippen LogP contribution in [0.3, 0.4) is 0 Å². The topological polar surface area (TPSA) is 29.3 Å². The van der Waals surface area contributed by atoms with E-state index >= 15 is 0 Å². The number of hydrogen-bond acceptors (Lipinski definition) is 2. The highest BCUT2D eigenvalue weighted by molar-refractivity contribution is 4.74. The predicted octanol–water partition coefficient (Wildman–Crippen LogP) is 1.46. The molecule has 0 amide bonds. The summed E-state index contributed by atoms with van der Waals surface area (Å²) in [5.74, 6) is -2.43. The molecule has 0 aromatic heterocycles. The third kappa shape index (κ3) is 4.00. The number of nitrogens with two attached hydrogens (primary N) is 1. The average molecular weight is 192 g/mol. The van der Waals surface area contributed by atoms with Gasteiger partial charge in [-0.15, -0.1) is 0 Å². The fourth-order valence-corrected chi connectivity index (χ4v) is 1.66. The highest BCUT2D eigenvalue weighted by Gasteiger charge is 2.31. The summed E-state index contributed by atoms with van der Waals surface area (Å²) in [6.07, 6.45) is 1.58. The Bertz CT molecular complexity index is 151. The number of nitrogens with zero attached hydrogens (tertiary/aromatic N) is 1. The molecule has 0 aromatic rings. The van der Waals surface area contributed by atoms with Crippen molar-refractivity contribution in [3.8, 4) is 0 Å². The highest BCUT2D eigenvalue weighted by atomic mass is 19.3. The van der Waals surface area contributed by atoms with Gasteiger partial charge in [0.25, 0.3) is 0 Å². The van der Waals surface area contributed by atoms with Crippen LogP contribution < -0.4 is 5.73 Å². The van der Waals surface area contributed by atoms with Crippen LogP contribution in [0.5, 0.6) is 0 Å². The molecule has 1 rings (SSSR count). The van der Waals surface area contributed by atoms with Gasteiger partial charge in [-0.2, -0.15) is 0 Å². The van der Waals surface area contributed by atoms with Gasteiger partial charge in [0.05, 0.1) is 0 Å². The number of halogens is 2. The van der Waals surface area contributed by atoms with Crippen molar-refractivity contribution in [2.24, 2.45) is 5.73 Å². The minimum Gasteiger partial charge on any atom is -0.330 e. The summed E-state index contributed by atoms with van der Waals surface area (Å²) in [5, 5.41) is 0. The maximum absolute atomic E-state index is 12.9. The van der Waals surface area contributed by atoms with Gasteiger partial charge in [-0.3, -0.25) is 0 Å². The summed E-state index contributed by atoms with van der Waals surface area (Å²) in [6.45, 7) is 2.84. The van der Waals surface area contributed by atoms with Crippen LogP contribution >= 0.6 is 0 Å². The Morgan fingerprint density at radius 1 is 1.23 bits per heavy atom. The Labute approximate surface area is 78.1 Å². The zero-order valence-electron chi connectivity index (χ0n) is 7.94. The van der Waals surface area contributed by atoms with Crippen LogP contribution in [0.25, 0.3) is 0 Å². The van der Waals surface area contributed by atoms with Crippen LogP contribution in [-0.4, -0.2) is 37.0 Å². The minimum absolute atomic E-state index is 0.0115. The van der Waals surface area contributed by atoms with Crippen molar-refractivity contribution in [3.63, 3.8) is 0 Å². The highest BCUT2D eigenvalue weighted by Crippen LogP contribution is 2.27. The van der Waals surface area contributed by atoms with Crippen LogP contribution in [0, 0.1) is 0 Å². The lowest BCUT2D eigenvalue weighted by Gasteiger charge is -2.19. The van der Waals surface area contributed by atoms with Crippen LogP contribution in [0.2, 0.25) is 0 Å². The first-order valence-corrected chi connectivity index (χ1v) is 4.94. The van der Waals surface area contributed by atoms with Gasteiger partial charge in [0.1, 0.15) is 0 Å². The van der Waals surface area contributed by atoms with Crippen molar-refractivity contribution >= 4 is 0 Å². The molecule has 1 saturated heterocycles. The molecule has 0 aromatic carbocycles. The Morgan fingerprint density at radius 3 is 2.69 bits per heavy atom. The van der Waals surface area contributed by atoms with Crippen molar-refractivity contribution in [2.45, 2.75) is 31.6 Å². The second kappa shape index (κ2) is 4.86.